The van der Waals surface area contributed by atoms with Crippen LogP contribution in [0, 0.1) is 0 Å². The van der Waals surface area contributed by atoms with Crippen molar-refractivity contribution in [2.75, 3.05) is 83.6 Å². The van der Waals surface area contributed by atoms with Crippen LogP contribution in [0.1, 0.15) is 149 Å². The zero-order valence-corrected chi connectivity index (χ0v) is 39.0. The number of nitrogens with one attached hydrogen (secondary N) is 4. The summed E-state index contributed by atoms with van der Waals surface area (Å²) in [4.78, 5) is 69.0. The summed E-state index contributed by atoms with van der Waals surface area (Å²) in [5.41, 5.74) is 0. The molecule has 0 bridgehead atoms. The van der Waals surface area contributed by atoms with Crippen molar-refractivity contribution < 1.29 is 57.2 Å². The van der Waals surface area contributed by atoms with Gasteiger partial charge in [-0.1, -0.05) is 124 Å². The Kier molecular flexibility index (Phi) is 40.7. The molecule has 354 valence electrons. The van der Waals surface area contributed by atoms with Crippen molar-refractivity contribution in [3.63, 3.8) is 0 Å². The van der Waals surface area contributed by atoms with Crippen molar-refractivity contribution in [3.05, 3.63) is 0 Å². The number of ether oxygens (including phenoxy) is 5. The minimum atomic E-state index is -4.08. The molecular weight excluding hydrogens is 816 g/mol. The Bertz CT molecular complexity index is 1110. The number of hydrogen-bond donors (Lipinski definition) is 6. The van der Waals surface area contributed by atoms with Gasteiger partial charge >= 0.3 is 19.8 Å². The van der Waals surface area contributed by atoms with Gasteiger partial charge in [0.15, 0.2) is 0 Å². The number of unbranched alkanes of at least 4 members (excludes halogenated alkanes) is 16. The van der Waals surface area contributed by atoms with Crippen molar-refractivity contribution in [1.29, 1.82) is 0 Å². The molecule has 0 spiro atoms. The number of amides is 4. The monoisotopic (exact) mass is 899 g/mol. The van der Waals surface area contributed by atoms with E-state index < -0.39 is 31.9 Å². The third-order valence-electron chi connectivity index (χ3n) is 9.34. The zero-order valence-electron chi connectivity index (χ0n) is 37.3. The van der Waals surface area contributed by atoms with Gasteiger partial charge in [0.2, 0.25) is 11.8 Å². The first-order valence-electron chi connectivity index (χ1n) is 22.8. The van der Waals surface area contributed by atoms with E-state index in [1.807, 2.05) is 6.92 Å². The number of thioether (sulfide) groups is 1. The van der Waals surface area contributed by atoms with Crippen LogP contribution in [-0.4, -0.2) is 129 Å². The van der Waals surface area contributed by atoms with Gasteiger partial charge in [-0.25, -0.2) is 9.59 Å². The Balaban J connectivity index is 5.00. The van der Waals surface area contributed by atoms with Gasteiger partial charge in [0, 0.05) is 37.6 Å². The summed E-state index contributed by atoms with van der Waals surface area (Å²) in [6, 6.07) is -0.856. The van der Waals surface area contributed by atoms with E-state index in [0.717, 1.165) is 51.4 Å². The SMILES string of the molecule is CCCCCCCCCCNC(=O)OC[C@H](CSC[C@H](NC(=O)CCCCC)C(=O)NCCOCCOCCOCCP(=O)(O)O)OC(=O)NCCCCCCCCCC. The van der Waals surface area contributed by atoms with Gasteiger partial charge < -0.3 is 54.7 Å². The molecule has 0 aromatic carbocycles. The summed E-state index contributed by atoms with van der Waals surface area (Å²) < 4.78 is 38.0. The molecule has 0 radical (unpaired) electrons. The van der Waals surface area contributed by atoms with E-state index in [4.69, 9.17) is 33.5 Å². The average Bonchev–Trinajstić information content (AvgIpc) is 3.21. The molecule has 0 rings (SSSR count). The van der Waals surface area contributed by atoms with E-state index in [1.54, 1.807) is 0 Å². The molecule has 0 aliphatic rings. The molecule has 0 aromatic heterocycles. The van der Waals surface area contributed by atoms with Gasteiger partial charge in [-0.3, -0.25) is 14.2 Å². The molecule has 0 fully saturated rings. The van der Waals surface area contributed by atoms with Gasteiger partial charge in [-0.15, -0.1) is 0 Å². The van der Waals surface area contributed by atoms with Gasteiger partial charge in [-0.2, -0.15) is 11.8 Å². The first-order valence-corrected chi connectivity index (χ1v) is 25.7. The first-order chi connectivity index (χ1) is 29.0. The van der Waals surface area contributed by atoms with E-state index >= 15 is 0 Å². The molecule has 0 heterocycles. The number of hydrogen-bond acceptors (Lipinski definition) is 11. The molecule has 4 amide bonds. The summed E-state index contributed by atoms with van der Waals surface area (Å²) in [7, 11) is -4.08. The standard InChI is InChI=1S/C42H83N4O12PS/c1-4-7-10-12-14-16-18-21-24-44-41(49)57-34-37(58-42(50)45-25-22-19-17-15-13-11-8-5-2)35-60-36-38(46-39(47)23-20-9-6-3)40(48)43-26-27-54-28-29-55-30-31-56-32-33-59(51,52)53/h37-38H,4-36H2,1-3H3,(H,43,48)(H,44,49)(H,45,50)(H,46,47)(H2,51,52,53)/t37-,38+/m1/s1. The second-order valence-corrected chi connectivity index (χ2v) is 17.9. The smallest absolute Gasteiger partial charge is 0.407 e. The highest BCUT2D eigenvalue weighted by Gasteiger charge is 2.23. The minimum absolute atomic E-state index is 0.0555. The molecule has 2 atom stereocenters. The predicted octanol–water partition coefficient (Wildman–Crippen LogP) is 7.23. The lowest BCUT2D eigenvalue weighted by Gasteiger charge is -2.21. The number of carbonyl (C=O) groups is 4. The molecule has 60 heavy (non-hydrogen) atoms. The Labute approximate surface area is 365 Å². The van der Waals surface area contributed by atoms with Crippen LogP contribution in [0.5, 0.6) is 0 Å². The summed E-state index contributed by atoms with van der Waals surface area (Å²) in [6.07, 6.45) is 19.0. The minimum Gasteiger partial charge on any atom is -0.446 e. The summed E-state index contributed by atoms with van der Waals surface area (Å²) in [6.45, 7) is 8.60. The maximum atomic E-state index is 13.2. The van der Waals surface area contributed by atoms with Crippen LogP contribution in [0.2, 0.25) is 0 Å². The Morgan fingerprint density at radius 1 is 0.567 bits per heavy atom. The first kappa shape index (κ1) is 57.9. The molecule has 6 N–H and O–H groups in total. The van der Waals surface area contributed by atoms with Crippen LogP contribution in [-0.2, 0) is 37.8 Å². The normalized spacial score (nSPS) is 12.4. The lowest BCUT2D eigenvalue weighted by molar-refractivity contribution is -0.128. The van der Waals surface area contributed by atoms with Crippen LogP contribution in [0.25, 0.3) is 0 Å². The van der Waals surface area contributed by atoms with Gasteiger partial charge in [-0.05, 0) is 19.3 Å². The fourth-order valence-electron chi connectivity index (χ4n) is 5.82. The van der Waals surface area contributed by atoms with E-state index in [2.05, 4.69) is 35.1 Å². The Morgan fingerprint density at radius 3 is 1.60 bits per heavy atom. The van der Waals surface area contributed by atoms with Gasteiger partial charge in [0.05, 0.1) is 45.8 Å². The lowest BCUT2D eigenvalue weighted by atomic mass is 10.1. The topological polar surface area (TPSA) is 220 Å². The number of alkyl carbamates (subject to hydrolysis) is 2. The zero-order chi connectivity index (χ0) is 44.4. The Hall–Kier alpha value is -2.14. The maximum absolute atomic E-state index is 13.2. The van der Waals surface area contributed by atoms with E-state index in [-0.39, 0.29) is 82.3 Å². The molecular formula is C42H83N4O12PS. The van der Waals surface area contributed by atoms with Crippen molar-refractivity contribution in [2.45, 2.75) is 161 Å². The van der Waals surface area contributed by atoms with Crippen molar-refractivity contribution in [1.82, 2.24) is 21.3 Å². The van der Waals surface area contributed by atoms with Crippen LogP contribution >= 0.6 is 19.4 Å². The largest absolute Gasteiger partial charge is 0.446 e. The van der Waals surface area contributed by atoms with E-state index in [0.29, 0.717) is 25.9 Å². The maximum Gasteiger partial charge on any atom is 0.407 e. The van der Waals surface area contributed by atoms with E-state index in [9.17, 15) is 23.7 Å². The van der Waals surface area contributed by atoms with Crippen molar-refractivity contribution >= 4 is 43.4 Å². The van der Waals surface area contributed by atoms with Crippen LogP contribution in [0.3, 0.4) is 0 Å². The highest BCUT2D eigenvalue weighted by atomic mass is 32.2. The third kappa shape index (κ3) is 41.2. The molecule has 0 aromatic rings. The Morgan fingerprint density at radius 2 is 1.05 bits per heavy atom. The highest BCUT2D eigenvalue weighted by Crippen LogP contribution is 2.33. The molecule has 0 unspecified atom stereocenters. The summed E-state index contributed by atoms with van der Waals surface area (Å²) in [5, 5.41) is 11.3. The van der Waals surface area contributed by atoms with Crippen molar-refractivity contribution in [2.24, 2.45) is 0 Å². The number of rotatable bonds is 43. The van der Waals surface area contributed by atoms with Gasteiger partial charge in [0.25, 0.3) is 0 Å². The van der Waals surface area contributed by atoms with Crippen LogP contribution in [0.15, 0.2) is 0 Å². The van der Waals surface area contributed by atoms with Gasteiger partial charge in [0.1, 0.15) is 18.8 Å². The second kappa shape index (κ2) is 42.2. The van der Waals surface area contributed by atoms with Crippen LogP contribution < -0.4 is 21.3 Å². The van der Waals surface area contributed by atoms with E-state index in [1.165, 1.54) is 76.0 Å². The van der Waals surface area contributed by atoms with Crippen molar-refractivity contribution in [3.8, 4) is 0 Å². The highest BCUT2D eigenvalue weighted by molar-refractivity contribution is 7.99. The third-order valence-corrected chi connectivity index (χ3v) is 11.3. The summed E-state index contributed by atoms with van der Waals surface area (Å²) in [5.74, 6) is -0.187. The summed E-state index contributed by atoms with van der Waals surface area (Å²) >= 11 is 1.31. The fourth-order valence-corrected chi connectivity index (χ4v) is 7.23. The fraction of sp³-hybridized carbons (Fsp3) is 0.905. The molecule has 0 saturated carbocycles. The average molecular weight is 899 g/mol. The molecule has 0 saturated heterocycles. The quantitative estimate of drug-likeness (QED) is 0.0263. The lowest BCUT2D eigenvalue weighted by Crippen LogP contribution is -2.49. The molecule has 0 aliphatic heterocycles. The van der Waals surface area contributed by atoms with Crippen LogP contribution in [0.4, 0.5) is 9.59 Å². The number of carbonyl (C=O) groups excluding carboxylic acids is 4. The molecule has 0 aliphatic carbocycles. The molecule has 18 heteroatoms. The molecule has 16 nitrogen and oxygen atoms in total. The second-order valence-electron chi connectivity index (χ2n) is 15.1. The predicted molar refractivity (Wildman–Crippen MR) is 239 cm³/mol.